The highest BCUT2D eigenvalue weighted by molar-refractivity contribution is 5.74. The number of carbonyl (C=O) groups is 1. The Morgan fingerprint density at radius 3 is 3.13 bits per heavy atom. The van der Waals surface area contributed by atoms with Gasteiger partial charge < -0.3 is 15.2 Å². The number of nitrogens with one attached hydrogen (secondary N) is 1. The lowest BCUT2D eigenvalue weighted by Crippen LogP contribution is -2.35. The molecule has 2 heterocycles. The van der Waals surface area contributed by atoms with Gasteiger partial charge in [0.2, 0.25) is 0 Å². The van der Waals surface area contributed by atoms with E-state index in [9.17, 15) is 9.90 Å². The maximum absolute atomic E-state index is 10.9. The lowest BCUT2D eigenvalue weighted by atomic mass is 10.2. The molecule has 0 amide bonds. The highest BCUT2D eigenvalue weighted by atomic mass is 16.4. The third kappa shape index (κ3) is 2.16. The van der Waals surface area contributed by atoms with Crippen LogP contribution in [0.15, 0.2) is 12.4 Å². The van der Waals surface area contributed by atoms with Crippen molar-refractivity contribution in [3.63, 3.8) is 0 Å². The van der Waals surface area contributed by atoms with E-state index in [1.807, 2.05) is 0 Å². The van der Waals surface area contributed by atoms with Gasteiger partial charge in [0.25, 0.3) is 0 Å². The summed E-state index contributed by atoms with van der Waals surface area (Å²) >= 11 is 0. The number of imidazole rings is 1. The van der Waals surface area contributed by atoms with Crippen molar-refractivity contribution in [3.8, 4) is 0 Å². The lowest BCUT2D eigenvalue weighted by Gasteiger charge is -2.18. The van der Waals surface area contributed by atoms with Gasteiger partial charge in [-0.3, -0.25) is 9.69 Å². The van der Waals surface area contributed by atoms with Gasteiger partial charge in [-0.2, -0.15) is 0 Å². The summed E-state index contributed by atoms with van der Waals surface area (Å²) in [5.74, 6) is -0.173. The van der Waals surface area contributed by atoms with Crippen LogP contribution in [-0.4, -0.2) is 49.7 Å². The van der Waals surface area contributed by atoms with Crippen molar-refractivity contribution >= 4 is 5.97 Å². The molecule has 0 bridgehead atoms. The van der Waals surface area contributed by atoms with Gasteiger partial charge in [0, 0.05) is 25.4 Å². The number of carboxylic acid groups (broad SMARTS) is 1. The van der Waals surface area contributed by atoms with Crippen LogP contribution >= 0.6 is 0 Å². The lowest BCUT2D eigenvalue weighted by molar-refractivity contribution is -0.142. The first kappa shape index (κ1) is 10.1. The topological polar surface area (TPSA) is 89.4 Å². The number of aromatic amines is 1. The smallest absolute Gasteiger partial charge is 0.321 e. The predicted octanol–water partition coefficient (Wildman–Crippen LogP) is -0.571. The van der Waals surface area contributed by atoms with E-state index in [1.165, 1.54) is 0 Å². The highest BCUT2D eigenvalue weighted by Gasteiger charge is 2.36. The average Bonchev–Trinajstić information content (AvgIpc) is 2.75. The Kier molecular flexibility index (Phi) is 2.70. The Bertz CT molecular complexity index is 338. The number of nitrogens with zero attached hydrogens (tertiary/aromatic N) is 2. The van der Waals surface area contributed by atoms with E-state index in [2.05, 4.69) is 9.97 Å². The number of H-pyrrole nitrogens is 1. The molecule has 0 spiro atoms. The number of carboxylic acids is 1. The van der Waals surface area contributed by atoms with Crippen LogP contribution in [-0.2, 0) is 11.3 Å². The molecule has 2 unspecified atom stereocenters. The molecule has 2 rings (SSSR count). The van der Waals surface area contributed by atoms with Gasteiger partial charge in [0.1, 0.15) is 11.9 Å². The molecule has 1 saturated heterocycles. The molecule has 2 atom stereocenters. The molecule has 6 nitrogen and oxygen atoms in total. The number of aromatic nitrogens is 2. The SMILES string of the molecule is O=C(O)C1CC(O)CN1Cc1ncc[nH]1. The Morgan fingerprint density at radius 2 is 2.53 bits per heavy atom. The Balaban J connectivity index is 2.04. The van der Waals surface area contributed by atoms with Crippen LogP contribution in [0.4, 0.5) is 0 Å². The van der Waals surface area contributed by atoms with Gasteiger partial charge >= 0.3 is 5.97 Å². The fourth-order valence-corrected chi connectivity index (χ4v) is 1.89. The highest BCUT2D eigenvalue weighted by Crippen LogP contribution is 2.19. The fraction of sp³-hybridized carbons (Fsp3) is 0.556. The van der Waals surface area contributed by atoms with E-state index in [-0.39, 0.29) is 6.42 Å². The molecule has 1 aliphatic heterocycles. The van der Waals surface area contributed by atoms with Gasteiger partial charge in [0.05, 0.1) is 12.6 Å². The molecule has 1 aromatic heterocycles. The second-order valence-electron chi connectivity index (χ2n) is 3.71. The van der Waals surface area contributed by atoms with Gasteiger partial charge in [-0.05, 0) is 0 Å². The van der Waals surface area contributed by atoms with Crippen molar-refractivity contribution in [1.82, 2.24) is 14.9 Å². The van der Waals surface area contributed by atoms with E-state index < -0.39 is 18.1 Å². The number of hydrogen-bond acceptors (Lipinski definition) is 4. The fourth-order valence-electron chi connectivity index (χ4n) is 1.89. The molecule has 0 saturated carbocycles. The first-order valence-corrected chi connectivity index (χ1v) is 4.80. The van der Waals surface area contributed by atoms with Crippen molar-refractivity contribution in [1.29, 1.82) is 0 Å². The summed E-state index contributed by atoms with van der Waals surface area (Å²) in [6.07, 6.45) is 3.05. The first-order valence-electron chi connectivity index (χ1n) is 4.80. The minimum absolute atomic E-state index is 0.288. The van der Waals surface area contributed by atoms with Crippen LogP contribution < -0.4 is 0 Å². The third-order valence-corrected chi connectivity index (χ3v) is 2.57. The molecule has 82 valence electrons. The van der Waals surface area contributed by atoms with Crippen LogP contribution in [0.5, 0.6) is 0 Å². The van der Waals surface area contributed by atoms with Gasteiger partial charge in [-0.1, -0.05) is 0 Å². The van der Waals surface area contributed by atoms with Crippen LogP contribution in [0.2, 0.25) is 0 Å². The van der Waals surface area contributed by atoms with Crippen molar-refractivity contribution in [2.75, 3.05) is 6.54 Å². The monoisotopic (exact) mass is 211 g/mol. The van der Waals surface area contributed by atoms with Crippen molar-refractivity contribution in [2.45, 2.75) is 25.1 Å². The van der Waals surface area contributed by atoms with Gasteiger partial charge in [0.15, 0.2) is 0 Å². The van der Waals surface area contributed by atoms with Crippen LogP contribution in [0, 0.1) is 0 Å². The van der Waals surface area contributed by atoms with E-state index in [0.717, 1.165) is 5.82 Å². The molecule has 0 aromatic carbocycles. The summed E-state index contributed by atoms with van der Waals surface area (Å²) in [6.45, 7) is 0.818. The molecular formula is C9H13N3O3. The predicted molar refractivity (Wildman–Crippen MR) is 51.0 cm³/mol. The zero-order chi connectivity index (χ0) is 10.8. The largest absolute Gasteiger partial charge is 0.480 e. The van der Waals surface area contributed by atoms with Crippen molar-refractivity contribution in [3.05, 3.63) is 18.2 Å². The number of likely N-dealkylation sites (tertiary alicyclic amines) is 1. The molecule has 15 heavy (non-hydrogen) atoms. The number of aliphatic hydroxyl groups excluding tert-OH is 1. The standard InChI is InChI=1S/C9H13N3O3/c13-6-3-7(9(14)15)12(4-6)5-8-10-1-2-11-8/h1-2,6-7,13H,3-5H2,(H,10,11)(H,14,15). The summed E-state index contributed by atoms with van der Waals surface area (Å²) in [4.78, 5) is 19.6. The van der Waals surface area contributed by atoms with E-state index in [1.54, 1.807) is 17.3 Å². The molecule has 6 heteroatoms. The van der Waals surface area contributed by atoms with E-state index in [4.69, 9.17) is 5.11 Å². The maximum Gasteiger partial charge on any atom is 0.321 e. The number of aliphatic hydroxyl groups is 1. The average molecular weight is 211 g/mol. The van der Waals surface area contributed by atoms with Crippen LogP contribution in [0.3, 0.4) is 0 Å². The van der Waals surface area contributed by atoms with Crippen molar-refractivity contribution < 1.29 is 15.0 Å². The minimum Gasteiger partial charge on any atom is -0.480 e. The molecule has 0 aliphatic carbocycles. The van der Waals surface area contributed by atoms with E-state index >= 15 is 0 Å². The van der Waals surface area contributed by atoms with E-state index in [0.29, 0.717) is 13.1 Å². The molecule has 1 aliphatic rings. The molecular weight excluding hydrogens is 198 g/mol. The summed E-state index contributed by atoms with van der Waals surface area (Å²) in [7, 11) is 0. The number of aliphatic carboxylic acids is 1. The maximum atomic E-state index is 10.9. The Hall–Kier alpha value is -1.40. The first-order chi connectivity index (χ1) is 7.16. The van der Waals surface area contributed by atoms with Crippen LogP contribution in [0.25, 0.3) is 0 Å². The zero-order valence-electron chi connectivity index (χ0n) is 8.13. The second kappa shape index (κ2) is 4.00. The summed E-state index contributed by atoms with van der Waals surface area (Å²) < 4.78 is 0. The van der Waals surface area contributed by atoms with Crippen molar-refractivity contribution in [2.24, 2.45) is 0 Å². The summed E-state index contributed by atoms with van der Waals surface area (Å²) in [5.41, 5.74) is 0. The summed E-state index contributed by atoms with van der Waals surface area (Å²) in [5, 5.41) is 18.4. The Labute approximate surface area is 86.6 Å². The van der Waals surface area contributed by atoms with Crippen LogP contribution in [0.1, 0.15) is 12.2 Å². The zero-order valence-corrected chi connectivity index (χ0v) is 8.13. The van der Waals surface area contributed by atoms with Gasteiger partial charge in [-0.25, -0.2) is 4.98 Å². The normalized spacial score (nSPS) is 27.0. The molecule has 1 fully saturated rings. The number of rotatable bonds is 3. The third-order valence-electron chi connectivity index (χ3n) is 2.57. The number of hydrogen-bond donors (Lipinski definition) is 3. The molecule has 1 aromatic rings. The van der Waals surface area contributed by atoms with Gasteiger partial charge in [-0.15, -0.1) is 0 Å². The quantitative estimate of drug-likeness (QED) is 0.623. The minimum atomic E-state index is -0.891. The Morgan fingerprint density at radius 1 is 1.73 bits per heavy atom. The second-order valence-corrected chi connectivity index (χ2v) is 3.71. The molecule has 0 radical (unpaired) electrons. The number of β-amino-alcohol motifs (C(OH)–C–C–N with tert-alkyl or cyclic N) is 1. The molecule has 3 N–H and O–H groups in total. The summed E-state index contributed by atoms with van der Waals surface area (Å²) in [6, 6.07) is -0.606.